The van der Waals surface area contributed by atoms with E-state index in [9.17, 15) is 15.3 Å². The van der Waals surface area contributed by atoms with E-state index in [0.29, 0.717) is 17.9 Å². The molecular formula is C17H22N4O3. The number of hydrogen-bond acceptors (Lipinski definition) is 6. The molecule has 2 saturated carbocycles. The fourth-order valence-electron chi connectivity index (χ4n) is 4.72. The minimum atomic E-state index is -0.368. The molecule has 0 aromatic heterocycles. The molecule has 1 aromatic rings. The zero-order chi connectivity index (χ0) is 16.7. The topological polar surface area (TPSA) is 82.2 Å². The predicted molar refractivity (Wildman–Crippen MR) is 90.7 cm³/mol. The Morgan fingerprint density at radius 1 is 1.12 bits per heavy atom. The number of piperazine rings is 1. The van der Waals surface area contributed by atoms with Gasteiger partial charge < -0.3 is 10.1 Å². The van der Waals surface area contributed by atoms with Gasteiger partial charge in [0.1, 0.15) is 0 Å². The molecule has 3 fully saturated rings. The van der Waals surface area contributed by atoms with Crippen LogP contribution in [-0.4, -0.2) is 53.0 Å². The molecule has 24 heavy (non-hydrogen) atoms. The molecule has 1 heterocycles. The molecule has 0 spiro atoms. The van der Waals surface area contributed by atoms with Crippen molar-refractivity contribution in [1.82, 2.24) is 4.90 Å². The smallest absolute Gasteiger partial charge is 0.269 e. The lowest BCUT2D eigenvalue weighted by molar-refractivity contribution is -0.384. The van der Waals surface area contributed by atoms with Gasteiger partial charge >= 0.3 is 0 Å². The van der Waals surface area contributed by atoms with E-state index in [-0.39, 0.29) is 10.6 Å². The van der Waals surface area contributed by atoms with Gasteiger partial charge in [-0.05, 0) is 37.3 Å². The first-order valence-electron chi connectivity index (χ1n) is 8.62. The van der Waals surface area contributed by atoms with Gasteiger partial charge in [-0.15, -0.1) is 0 Å². The normalized spacial score (nSPS) is 31.8. The maximum atomic E-state index is 10.8. The summed E-state index contributed by atoms with van der Waals surface area (Å²) in [6.45, 7) is 3.66. The second-order valence-corrected chi connectivity index (χ2v) is 7.04. The standard InChI is InChI=1S/C17H22N4O3/c22-18-16-12-1-2-13(11-12)17(16)20-9-7-19(8-10-20)14-3-5-15(6-4-14)21(23)24/h3-6,12-13,17,22H,1-2,7-11H2/b18-16-/t12-,13+,17-/m0/s1. The van der Waals surface area contributed by atoms with Crippen molar-refractivity contribution in [1.29, 1.82) is 0 Å². The SMILES string of the molecule is O=[N+]([O-])c1ccc(N2CCN([C@@H]3/C(=N\O)[C@H]4CC[C@@H]3C4)CC2)cc1. The lowest BCUT2D eigenvalue weighted by Crippen LogP contribution is -2.54. The Morgan fingerprint density at radius 3 is 2.46 bits per heavy atom. The summed E-state index contributed by atoms with van der Waals surface area (Å²) in [5.41, 5.74) is 2.16. The third-order valence-corrected chi connectivity index (χ3v) is 5.89. The maximum absolute atomic E-state index is 10.8. The maximum Gasteiger partial charge on any atom is 0.269 e. The zero-order valence-electron chi connectivity index (χ0n) is 13.5. The minimum Gasteiger partial charge on any atom is -0.411 e. The first-order valence-corrected chi connectivity index (χ1v) is 8.62. The number of rotatable bonds is 3. The van der Waals surface area contributed by atoms with Crippen molar-refractivity contribution in [3.05, 3.63) is 34.4 Å². The van der Waals surface area contributed by atoms with Crippen LogP contribution in [0.1, 0.15) is 19.3 Å². The van der Waals surface area contributed by atoms with Crippen LogP contribution in [-0.2, 0) is 0 Å². The third kappa shape index (κ3) is 2.53. The Morgan fingerprint density at radius 2 is 1.83 bits per heavy atom. The molecule has 7 nitrogen and oxygen atoms in total. The Labute approximate surface area is 140 Å². The molecule has 1 N–H and O–H groups in total. The first kappa shape index (κ1) is 15.4. The fourth-order valence-corrected chi connectivity index (χ4v) is 4.72. The zero-order valence-corrected chi connectivity index (χ0v) is 13.5. The van der Waals surface area contributed by atoms with Crippen LogP contribution < -0.4 is 4.90 Å². The molecule has 3 aliphatic rings. The number of nitrogens with zero attached hydrogens (tertiary/aromatic N) is 4. The number of nitro benzene ring substituents is 1. The second-order valence-electron chi connectivity index (χ2n) is 7.04. The van der Waals surface area contributed by atoms with Crippen molar-refractivity contribution in [2.75, 3.05) is 31.1 Å². The van der Waals surface area contributed by atoms with Crippen molar-refractivity contribution in [3.63, 3.8) is 0 Å². The molecule has 0 unspecified atom stereocenters. The van der Waals surface area contributed by atoms with Gasteiger partial charge in [0, 0.05) is 49.9 Å². The van der Waals surface area contributed by atoms with Crippen molar-refractivity contribution in [2.45, 2.75) is 25.3 Å². The summed E-state index contributed by atoms with van der Waals surface area (Å²) in [4.78, 5) is 15.1. The second kappa shape index (κ2) is 6.05. The summed E-state index contributed by atoms with van der Waals surface area (Å²) in [5.74, 6) is 1.13. The molecule has 3 atom stereocenters. The van der Waals surface area contributed by atoms with E-state index in [1.807, 2.05) is 12.1 Å². The third-order valence-electron chi connectivity index (χ3n) is 5.89. The highest BCUT2D eigenvalue weighted by molar-refractivity contribution is 5.94. The summed E-state index contributed by atoms with van der Waals surface area (Å²) in [5, 5.41) is 23.8. The van der Waals surface area contributed by atoms with Crippen LogP contribution in [0.5, 0.6) is 0 Å². The number of fused-ring (bicyclic) bond motifs is 2. The van der Waals surface area contributed by atoms with E-state index in [1.54, 1.807) is 12.1 Å². The molecule has 4 rings (SSSR count). The van der Waals surface area contributed by atoms with Crippen molar-refractivity contribution in [3.8, 4) is 0 Å². The number of benzene rings is 1. The highest BCUT2D eigenvalue weighted by Crippen LogP contribution is 2.45. The Bertz CT molecular complexity index is 652. The van der Waals surface area contributed by atoms with E-state index in [1.165, 1.54) is 19.3 Å². The Hall–Kier alpha value is -2.15. The molecule has 7 heteroatoms. The molecule has 1 aromatic carbocycles. The number of hydrogen-bond donors (Lipinski definition) is 1. The number of anilines is 1. The molecule has 2 bridgehead atoms. The highest BCUT2D eigenvalue weighted by atomic mass is 16.6. The predicted octanol–water partition coefficient (Wildman–Crippen LogP) is 2.35. The summed E-state index contributed by atoms with van der Waals surface area (Å²) < 4.78 is 0. The molecule has 128 valence electrons. The van der Waals surface area contributed by atoms with E-state index >= 15 is 0 Å². The van der Waals surface area contributed by atoms with Crippen LogP contribution in [0.4, 0.5) is 11.4 Å². The van der Waals surface area contributed by atoms with Gasteiger partial charge in [-0.2, -0.15) is 0 Å². The van der Waals surface area contributed by atoms with Gasteiger partial charge in [-0.3, -0.25) is 15.0 Å². The summed E-state index contributed by atoms with van der Waals surface area (Å²) in [6, 6.07) is 7.09. The molecule has 0 amide bonds. The Kier molecular flexibility index (Phi) is 3.88. The van der Waals surface area contributed by atoms with Crippen molar-refractivity contribution < 1.29 is 10.1 Å². The van der Waals surface area contributed by atoms with E-state index in [2.05, 4.69) is 15.0 Å². The van der Waals surface area contributed by atoms with Crippen molar-refractivity contribution in [2.24, 2.45) is 17.0 Å². The van der Waals surface area contributed by atoms with Crippen LogP contribution in [0.15, 0.2) is 29.4 Å². The number of non-ortho nitro benzene ring substituents is 1. The van der Waals surface area contributed by atoms with Gasteiger partial charge in [0.15, 0.2) is 0 Å². The van der Waals surface area contributed by atoms with Gasteiger partial charge in [0.2, 0.25) is 0 Å². The molecule has 1 saturated heterocycles. The molecular weight excluding hydrogens is 308 g/mol. The largest absolute Gasteiger partial charge is 0.411 e. The van der Waals surface area contributed by atoms with E-state index in [0.717, 1.165) is 37.6 Å². The first-order chi connectivity index (χ1) is 11.7. The lowest BCUT2D eigenvalue weighted by atomic mass is 9.91. The summed E-state index contributed by atoms with van der Waals surface area (Å²) >= 11 is 0. The monoisotopic (exact) mass is 330 g/mol. The molecule has 0 radical (unpaired) electrons. The van der Waals surface area contributed by atoms with E-state index in [4.69, 9.17) is 0 Å². The van der Waals surface area contributed by atoms with Gasteiger partial charge in [-0.1, -0.05) is 5.16 Å². The molecule has 2 aliphatic carbocycles. The summed E-state index contributed by atoms with van der Waals surface area (Å²) in [6.07, 6.45) is 3.59. The molecule has 1 aliphatic heterocycles. The fraction of sp³-hybridized carbons (Fsp3) is 0.588. The highest BCUT2D eigenvalue weighted by Gasteiger charge is 2.48. The van der Waals surface area contributed by atoms with Gasteiger partial charge in [0.25, 0.3) is 5.69 Å². The van der Waals surface area contributed by atoms with Crippen LogP contribution in [0, 0.1) is 22.0 Å². The van der Waals surface area contributed by atoms with Crippen molar-refractivity contribution >= 4 is 17.1 Å². The lowest BCUT2D eigenvalue weighted by Gasteiger charge is -2.41. The number of oxime groups is 1. The van der Waals surface area contributed by atoms with Crippen LogP contribution in [0.3, 0.4) is 0 Å². The quantitative estimate of drug-likeness (QED) is 0.522. The van der Waals surface area contributed by atoms with Crippen LogP contribution >= 0.6 is 0 Å². The minimum absolute atomic E-state index is 0.128. The van der Waals surface area contributed by atoms with Crippen LogP contribution in [0.2, 0.25) is 0 Å². The van der Waals surface area contributed by atoms with Gasteiger partial charge in [-0.25, -0.2) is 0 Å². The number of nitro groups is 1. The van der Waals surface area contributed by atoms with E-state index < -0.39 is 0 Å². The van der Waals surface area contributed by atoms with Crippen LogP contribution in [0.25, 0.3) is 0 Å². The van der Waals surface area contributed by atoms with Gasteiger partial charge in [0.05, 0.1) is 16.7 Å². The Balaban J connectivity index is 1.41. The average Bonchev–Trinajstić information content (AvgIpc) is 3.23. The average molecular weight is 330 g/mol. The summed E-state index contributed by atoms with van der Waals surface area (Å²) in [7, 11) is 0.